The van der Waals surface area contributed by atoms with E-state index in [9.17, 15) is 9.59 Å². The van der Waals surface area contributed by atoms with Gasteiger partial charge in [-0.2, -0.15) is 0 Å². The predicted molar refractivity (Wildman–Crippen MR) is 79.4 cm³/mol. The van der Waals surface area contributed by atoms with Gasteiger partial charge in [0.15, 0.2) is 0 Å². The van der Waals surface area contributed by atoms with Gasteiger partial charge in [0.1, 0.15) is 0 Å². The Morgan fingerprint density at radius 1 is 1.29 bits per heavy atom. The standard InChI is InChI=1S/C15H22N2O4/c1-11(18)8-10-17(2)15(21)16-9-7-12-3-5-13(6-4-12)14(19)20/h3-6,11,18H,7-10H2,1-2H3,(H,16,21)(H,19,20). The molecule has 116 valence electrons. The minimum absolute atomic E-state index is 0.183. The maximum atomic E-state index is 11.7. The van der Waals surface area contributed by atoms with Crippen LogP contribution >= 0.6 is 0 Å². The fourth-order valence-electron chi connectivity index (χ4n) is 1.74. The van der Waals surface area contributed by atoms with Gasteiger partial charge >= 0.3 is 12.0 Å². The van der Waals surface area contributed by atoms with E-state index in [4.69, 9.17) is 10.2 Å². The van der Waals surface area contributed by atoms with Gasteiger partial charge < -0.3 is 20.4 Å². The lowest BCUT2D eigenvalue weighted by atomic mass is 10.1. The molecule has 0 aliphatic carbocycles. The summed E-state index contributed by atoms with van der Waals surface area (Å²) >= 11 is 0. The van der Waals surface area contributed by atoms with Crippen molar-refractivity contribution >= 4 is 12.0 Å². The molecule has 0 saturated carbocycles. The molecule has 0 aliphatic heterocycles. The summed E-state index contributed by atoms with van der Waals surface area (Å²) in [5.74, 6) is -0.949. The highest BCUT2D eigenvalue weighted by atomic mass is 16.4. The first-order valence-electron chi connectivity index (χ1n) is 6.89. The van der Waals surface area contributed by atoms with Gasteiger partial charge in [0.05, 0.1) is 11.7 Å². The van der Waals surface area contributed by atoms with Gasteiger partial charge in [-0.1, -0.05) is 12.1 Å². The minimum Gasteiger partial charge on any atom is -0.478 e. The average molecular weight is 294 g/mol. The van der Waals surface area contributed by atoms with Crippen molar-refractivity contribution in [1.82, 2.24) is 10.2 Å². The number of aromatic carboxylic acids is 1. The molecule has 1 aromatic rings. The monoisotopic (exact) mass is 294 g/mol. The molecular formula is C15H22N2O4. The molecule has 6 heteroatoms. The van der Waals surface area contributed by atoms with Crippen molar-refractivity contribution in [1.29, 1.82) is 0 Å². The Balaban J connectivity index is 2.32. The summed E-state index contributed by atoms with van der Waals surface area (Å²) in [7, 11) is 1.68. The van der Waals surface area contributed by atoms with E-state index in [0.717, 1.165) is 5.56 Å². The van der Waals surface area contributed by atoms with Gasteiger partial charge in [-0.25, -0.2) is 9.59 Å². The molecule has 0 aliphatic rings. The maximum Gasteiger partial charge on any atom is 0.335 e. The minimum atomic E-state index is -0.949. The molecule has 1 unspecified atom stereocenters. The molecule has 1 aromatic carbocycles. The van der Waals surface area contributed by atoms with E-state index in [0.29, 0.717) is 25.9 Å². The van der Waals surface area contributed by atoms with Gasteiger partial charge in [0.25, 0.3) is 0 Å². The second kappa shape index (κ2) is 8.26. The molecule has 1 atom stereocenters. The Morgan fingerprint density at radius 2 is 1.90 bits per heavy atom. The summed E-state index contributed by atoms with van der Waals surface area (Å²) < 4.78 is 0. The van der Waals surface area contributed by atoms with E-state index in [1.807, 2.05) is 0 Å². The summed E-state index contributed by atoms with van der Waals surface area (Å²) in [5.41, 5.74) is 1.22. The van der Waals surface area contributed by atoms with Gasteiger partial charge in [-0.05, 0) is 37.5 Å². The van der Waals surface area contributed by atoms with Crippen molar-refractivity contribution in [3.05, 3.63) is 35.4 Å². The van der Waals surface area contributed by atoms with Crippen LogP contribution in [0.1, 0.15) is 29.3 Å². The number of benzene rings is 1. The third kappa shape index (κ3) is 6.27. The molecular weight excluding hydrogens is 272 g/mol. The van der Waals surface area contributed by atoms with Crippen molar-refractivity contribution in [2.75, 3.05) is 20.1 Å². The van der Waals surface area contributed by atoms with Crippen molar-refractivity contribution in [2.24, 2.45) is 0 Å². The van der Waals surface area contributed by atoms with Gasteiger partial charge in [0, 0.05) is 20.1 Å². The van der Waals surface area contributed by atoms with Crippen LogP contribution in [0, 0.1) is 0 Å². The number of carboxylic acid groups (broad SMARTS) is 1. The number of aliphatic hydroxyl groups is 1. The third-order valence-electron chi connectivity index (χ3n) is 3.12. The van der Waals surface area contributed by atoms with E-state index in [2.05, 4.69) is 5.32 Å². The van der Waals surface area contributed by atoms with E-state index in [1.54, 1.807) is 38.2 Å². The third-order valence-corrected chi connectivity index (χ3v) is 3.12. The first kappa shape index (κ1) is 17.0. The zero-order chi connectivity index (χ0) is 15.8. The molecule has 0 heterocycles. The fourth-order valence-corrected chi connectivity index (χ4v) is 1.74. The zero-order valence-corrected chi connectivity index (χ0v) is 12.4. The highest BCUT2D eigenvalue weighted by Gasteiger charge is 2.08. The van der Waals surface area contributed by atoms with Gasteiger partial charge in [-0.15, -0.1) is 0 Å². The van der Waals surface area contributed by atoms with Crippen molar-refractivity contribution in [3.63, 3.8) is 0 Å². The summed E-state index contributed by atoms with van der Waals surface area (Å²) in [6, 6.07) is 6.40. The van der Waals surface area contributed by atoms with Crippen LogP contribution in [0.3, 0.4) is 0 Å². The van der Waals surface area contributed by atoms with Crippen LogP contribution in [0.4, 0.5) is 4.79 Å². The summed E-state index contributed by atoms with van der Waals surface area (Å²) in [4.78, 5) is 24.0. The Labute approximate surface area is 124 Å². The van der Waals surface area contributed by atoms with E-state index in [1.165, 1.54) is 4.90 Å². The predicted octanol–water partition coefficient (Wildman–Crippen LogP) is 1.34. The van der Waals surface area contributed by atoms with Crippen LogP contribution in [-0.2, 0) is 6.42 Å². The van der Waals surface area contributed by atoms with Crippen LogP contribution in [0.25, 0.3) is 0 Å². The number of carbonyl (C=O) groups is 2. The van der Waals surface area contributed by atoms with Crippen molar-refractivity contribution < 1.29 is 19.8 Å². The lowest BCUT2D eigenvalue weighted by Gasteiger charge is -2.18. The van der Waals surface area contributed by atoms with Gasteiger partial charge in [-0.3, -0.25) is 0 Å². The topological polar surface area (TPSA) is 89.9 Å². The number of aliphatic hydroxyl groups excluding tert-OH is 1. The lowest BCUT2D eigenvalue weighted by molar-refractivity contribution is 0.0697. The zero-order valence-electron chi connectivity index (χ0n) is 12.4. The molecule has 0 aromatic heterocycles. The van der Waals surface area contributed by atoms with Crippen LogP contribution in [0.2, 0.25) is 0 Å². The molecule has 0 spiro atoms. The van der Waals surface area contributed by atoms with E-state index < -0.39 is 12.1 Å². The molecule has 2 amide bonds. The molecule has 6 nitrogen and oxygen atoms in total. The first-order chi connectivity index (χ1) is 9.90. The molecule has 0 bridgehead atoms. The molecule has 1 rings (SSSR count). The smallest absolute Gasteiger partial charge is 0.335 e. The molecule has 0 radical (unpaired) electrons. The summed E-state index contributed by atoms with van der Waals surface area (Å²) in [6.07, 6.45) is 0.754. The number of rotatable bonds is 7. The van der Waals surface area contributed by atoms with Crippen molar-refractivity contribution in [2.45, 2.75) is 25.9 Å². The normalized spacial score (nSPS) is 11.8. The Morgan fingerprint density at radius 3 is 2.43 bits per heavy atom. The Bertz CT molecular complexity index is 471. The summed E-state index contributed by atoms with van der Waals surface area (Å²) in [6.45, 7) is 2.66. The average Bonchev–Trinajstić information content (AvgIpc) is 2.45. The van der Waals surface area contributed by atoms with Crippen LogP contribution < -0.4 is 5.32 Å². The van der Waals surface area contributed by atoms with Crippen LogP contribution in [-0.4, -0.2) is 53.4 Å². The van der Waals surface area contributed by atoms with Gasteiger partial charge in [0.2, 0.25) is 0 Å². The molecule has 0 fully saturated rings. The Kier molecular flexibility index (Phi) is 6.68. The second-order valence-corrected chi connectivity index (χ2v) is 5.04. The number of nitrogens with one attached hydrogen (secondary N) is 1. The van der Waals surface area contributed by atoms with E-state index in [-0.39, 0.29) is 11.6 Å². The highest BCUT2D eigenvalue weighted by Crippen LogP contribution is 2.05. The summed E-state index contributed by atoms with van der Waals surface area (Å²) in [5, 5.41) is 20.7. The number of nitrogens with zero attached hydrogens (tertiary/aromatic N) is 1. The van der Waals surface area contributed by atoms with E-state index >= 15 is 0 Å². The van der Waals surface area contributed by atoms with Crippen LogP contribution in [0.15, 0.2) is 24.3 Å². The number of carbonyl (C=O) groups excluding carboxylic acids is 1. The maximum absolute atomic E-state index is 11.7. The number of urea groups is 1. The Hall–Kier alpha value is -2.08. The molecule has 3 N–H and O–H groups in total. The first-order valence-corrected chi connectivity index (χ1v) is 6.89. The SMILES string of the molecule is CC(O)CCN(C)C(=O)NCCc1ccc(C(=O)O)cc1. The number of hydrogen-bond acceptors (Lipinski definition) is 3. The second-order valence-electron chi connectivity index (χ2n) is 5.04. The number of carboxylic acids is 1. The highest BCUT2D eigenvalue weighted by molar-refractivity contribution is 5.87. The number of amides is 2. The largest absolute Gasteiger partial charge is 0.478 e. The van der Waals surface area contributed by atoms with Crippen LogP contribution in [0.5, 0.6) is 0 Å². The molecule has 21 heavy (non-hydrogen) atoms. The van der Waals surface area contributed by atoms with Crippen molar-refractivity contribution in [3.8, 4) is 0 Å². The molecule has 0 saturated heterocycles. The fraction of sp³-hybridized carbons (Fsp3) is 0.467. The number of hydrogen-bond donors (Lipinski definition) is 3. The quantitative estimate of drug-likeness (QED) is 0.708. The lowest BCUT2D eigenvalue weighted by Crippen LogP contribution is -2.39.